The van der Waals surface area contributed by atoms with Crippen molar-refractivity contribution in [2.24, 2.45) is 0 Å². The third-order valence-electron chi connectivity index (χ3n) is 2.12. The van der Waals surface area contributed by atoms with Crippen LogP contribution in [0.1, 0.15) is 29.9 Å². The van der Waals surface area contributed by atoms with E-state index in [1.165, 1.54) is 24.0 Å². The number of hydrogen-bond acceptors (Lipinski definition) is 0. The van der Waals surface area contributed by atoms with E-state index in [4.69, 9.17) is 0 Å². The van der Waals surface area contributed by atoms with Crippen LogP contribution in [0.2, 0.25) is 0 Å². The summed E-state index contributed by atoms with van der Waals surface area (Å²) in [4.78, 5) is 0. The van der Waals surface area contributed by atoms with Gasteiger partial charge in [-0.1, -0.05) is 18.2 Å². The molecule has 51 valence electrons. The molecule has 0 bridgehead atoms. The zero-order chi connectivity index (χ0) is 6.97. The van der Waals surface area contributed by atoms with Crippen LogP contribution in [-0.4, -0.2) is 0 Å². The third kappa shape index (κ3) is 0.942. The zero-order valence-corrected chi connectivity index (χ0v) is 6.22. The van der Waals surface area contributed by atoms with E-state index < -0.39 is 0 Å². The SMILES string of the molecule is Cc1[c]cccc1C1CC1. The third-order valence-corrected chi connectivity index (χ3v) is 2.12. The van der Waals surface area contributed by atoms with Crippen molar-refractivity contribution in [1.29, 1.82) is 0 Å². The van der Waals surface area contributed by atoms with E-state index in [0.717, 1.165) is 5.92 Å². The van der Waals surface area contributed by atoms with Crippen LogP contribution in [0.15, 0.2) is 18.2 Å². The minimum absolute atomic E-state index is 0.873. The molecule has 1 aromatic rings. The first-order valence-corrected chi connectivity index (χ1v) is 3.85. The first-order chi connectivity index (χ1) is 4.88. The lowest BCUT2D eigenvalue weighted by molar-refractivity contribution is 1.10. The molecule has 0 aliphatic heterocycles. The second-order valence-corrected chi connectivity index (χ2v) is 3.02. The minimum atomic E-state index is 0.873. The Kier molecular flexibility index (Phi) is 1.26. The molecular formula is C10H11. The molecule has 1 aliphatic rings. The van der Waals surface area contributed by atoms with Crippen LogP contribution in [0.3, 0.4) is 0 Å². The van der Waals surface area contributed by atoms with E-state index in [1.54, 1.807) is 0 Å². The maximum atomic E-state index is 3.22. The predicted molar refractivity (Wildman–Crippen MR) is 42.0 cm³/mol. The van der Waals surface area contributed by atoms with Crippen LogP contribution in [0.25, 0.3) is 0 Å². The molecule has 1 aromatic carbocycles. The van der Waals surface area contributed by atoms with Gasteiger partial charge >= 0.3 is 0 Å². The normalized spacial score (nSPS) is 17.3. The van der Waals surface area contributed by atoms with Gasteiger partial charge in [-0.25, -0.2) is 0 Å². The summed E-state index contributed by atoms with van der Waals surface area (Å²) in [5.74, 6) is 0.873. The molecule has 1 fully saturated rings. The van der Waals surface area contributed by atoms with Gasteiger partial charge in [0.2, 0.25) is 0 Å². The van der Waals surface area contributed by atoms with E-state index in [2.05, 4.69) is 25.1 Å². The van der Waals surface area contributed by atoms with Gasteiger partial charge in [-0.15, -0.1) is 0 Å². The molecule has 0 N–H and O–H groups in total. The Morgan fingerprint density at radius 2 is 2.30 bits per heavy atom. The molecule has 1 radical (unpaired) electrons. The van der Waals surface area contributed by atoms with Crippen LogP contribution >= 0.6 is 0 Å². The highest BCUT2D eigenvalue weighted by Gasteiger charge is 2.24. The standard InChI is InChI=1S/C10H11/c1-8-4-2-3-5-10(8)9-6-7-9/h2-3,5,9H,6-7H2,1H3. The average molecular weight is 131 g/mol. The number of aryl methyl sites for hydroxylation is 1. The quantitative estimate of drug-likeness (QED) is 0.549. The zero-order valence-electron chi connectivity index (χ0n) is 6.22. The fourth-order valence-corrected chi connectivity index (χ4v) is 1.37. The Morgan fingerprint density at radius 1 is 1.50 bits per heavy atom. The van der Waals surface area contributed by atoms with Crippen molar-refractivity contribution in [2.75, 3.05) is 0 Å². The number of hydrogen-bond donors (Lipinski definition) is 0. The summed E-state index contributed by atoms with van der Waals surface area (Å²) in [6, 6.07) is 9.52. The lowest BCUT2D eigenvalue weighted by atomic mass is 10.1. The molecule has 1 aliphatic carbocycles. The second-order valence-electron chi connectivity index (χ2n) is 3.02. The maximum absolute atomic E-state index is 3.22. The molecule has 2 rings (SSSR count). The highest BCUT2D eigenvalue weighted by Crippen LogP contribution is 2.41. The van der Waals surface area contributed by atoms with Crippen molar-refractivity contribution in [2.45, 2.75) is 25.7 Å². The van der Waals surface area contributed by atoms with Crippen molar-refractivity contribution in [3.63, 3.8) is 0 Å². The molecule has 0 heteroatoms. The van der Waals surface area contributed by atoms with Gasteiger partial charge in [-0.3, -0.25) is 0 Å². The molecule has 0 nitrogen and oxygen atoms in total. The van der Waals surface area contributed by atoms with E-state index in [1.807, 2.05) is 6.07 Å². The van der Waals surface area contributed by atoms with Crippen molar-refractivity contribution >= 4 is 0 Å². The Hall–Kier alpha value is -0.780. The largest absolute Gasteiger partial charge is 0.0613 e. The first kappa shape index (κ1) is 5.96. The average Bonchev–Trinajstić information content (AvgIpc) is 2.71. The summed E-state index contributed by atoms with van der Waals surface area (Å²) in [5, 5.41) is 0. The van der Waals surface area contributed by atoms with E-state index in [-0.39, 0.29) is 0 Å². The highest BCUT2D eigenvalue weighted by molar-refractivity contribution is 5.30. The molecule has 0 atom stereocenters. The fraction of sp³-hybridized carbons (Fsp3) is 0.400. The molecule has 0 saturated heterocycles. The summed E-state index contributed by atoms with van der Waals surface area (Å²) < 4.78 is 0. The van der Waals surface area contributed by atoms with Gasteiger partial charge in [0.05, 0.1) is 0 Å². The van der Waals surface area contributed by atoms with Crippen LogP contribution in [0, 0.1) is 13.0 Å². The summed E-state index contributed by atoms with van der Waals surface area (Å²) in [6.07, 6.45) is 2.78. The van der Waals surface area contributed by atoms with Crippen LogP contribution in [0.4, 0.5) is 0 Å². The molecule has 0 heterocycles. The first-order valence-electron chi connectivity index (χ1n) is 3.85. The number of benzene rings is 1. The summed E-state index contributed by atoms with van der Waals surface area (Å²) in [5.41, 5.74) is 2.85. The molecular weight excluding hydrogens is 120 g/mol. The van der Waals surface area contributed by atoms with E-state index in [0.29, 0.717) is 0 Å². The molecule has 0 spiro atoms. The Bertz CT molecular complexity index is 234. The van der Waals surface area contributed by atoms with Gasteiger partial charge in [0.25, 0.3) is 0 Å². The van der Waals surface area contributed by atoms with Crippen molar-refractivity contribution in [3.8, 4) is 0 Å². The monoisotopic (exact) mass is 131 g/mol. The van der Waals surface area contributed by atoms with Gasteiger partial charge in [0, 0.05) is 0 Å². The highest BCUT2D eigenvalue weighted by atomic mass is 14.3. The van der Waals surface area contributed by atoms with Gasteiger partial charge < -0.3 is 0 Å². The number of rotatable bonds is 1. The van der Waals surface area contributed by atoms with Crippen molar-refractivity contribution < 1.29 is 0 Å². The summed E-state index contributed by atoms with van der Waals surface area (Å²) >= 11 is 0. The van der Waals surface area contributed by atoms with Gasteiger partial charge in [-0.05, 0) is 42.9 Å². The van der Waals surface area contributed by atoms with Gasteiger partial charge in [-0.2, -0.15) is 0 Å². The van der Waals surface area contributed by atoms with E-state index in [9.17, 15) is 0 Å². The van der Waals surface area contributed by atoms with Crippen molar-refractivity contribution in [3.05, 3.63) is 35.4 Å². The van der Waals surface area contributed by atoms with Crippen LogP contribution < -0.4 is 0 Å². The van der Waals surface area contributed by atoms with Crippen LogP contribution in [0.5, 0.6) is 0 Å². The molecule has 10 heavy (non-hydrogen) atoms. The maximum Gasteiger partial charge on any atom is -0.0149 e. The second kappa shape index (κ2) is 2.12. The topological polar surface area (TPSA) is 0 Å². The fourth-order valence-electron chi connectivity index (χ4n) is 1.37. The van der Waals surface area contributed by atoms with Crippen LogP contribution in [-0.2, 0) is 0 Å². The Balaban J connectivity index is 2.39. The van der Waals surface area contributed by atoms with Crippen molar-refractivity contribution in [1.82, 2.24) is 0 Å². The molecule has 0 unspecified atom stereocenters. The molecule has 0 aromatic heterocycles. The van der Waals surface area contributed by atoms with Gasteiger partial charge in [0.1, 0.15) is 0 Å². The summed E-state index contributed by atoms with van der Waals surface area (Å²) in [6.45, 7) is 2.15. The van der Waals surface area contributed by atoms with E-state index >= 15 is 0 Å². The molecule has 1 saturated carbocycles. The Morgan fingerprint density at radius 3 is 2.90 bits per heavy atom. The summed E-state index contributed by atoms with van der Waals surface area (Å²) in [7, 11) is 0. The Labute approximate surface area is 61.9 Å². The lowest BCUT2D eigenvalue weighted by Gasteiger charge is -1.99. The lowest BCUT2D eigenvalue weighted by Crippen LogP contribution is -1.83. The molecule has 0 amide bonds. The minimum Gasteiger partial charge on any atom is -0.0613 e. The predicted octanol–water partition coefficient (Wildman–Crippen LogP) is 2.67. The smallest absolute Gasteiger partial charge is 0.0149 e. The van der Waals surface area contributed by atoms with Gasteiger partial charge in [0.15, 0.2) is 0 Å².